The summed E-state index contributed by atoms with van der Waals surface area (Å²) >= 11 is 0. The summed E-state index contributed by atoms with van der Waals surface area (Å²) in [5.74, 6) is -0.398. The molecule has 1 fully saturated rings. The minimum Gasteiger partial charge on any atom is -0.444 e. The second-order valence-electron chi connectivity index (χ2n) is 18.0. The molecule has 60 heavy (non-hydrogen) atoms. The number of aliphatic hydroxyl groups excluding tert-OH is 1. The lowest BCUT2D eigenvalue weighted by molar-refractivity contribution is -0.150. The molecular formula is C49H68N4O7. The van der Waals surface area contributed by atoms with Crippen molar-refractivity contribution in [3.63, 3.8) is 0 Å². The molecule has 0 radical (unpaired) electrons. The molecule has 0 bridgehead atoms. The standard InChI is InChI=1S/C47H62N4O7.C2H6/c1-31(2)24-39-30-50(42(53)40(48-44(55)57-46(3,4)5)27-32-19-21-34-14-9-11-16-36(34)25-32)38(18-13-23-52)29-51(39)43(54)41(49-45(56)58-47(6,7)8)28-33-20-22-35-15-10-12-17-37(35)26-33;1-2/h9-12,14-17,19-22,25-26,31,38-41,52H,13,18,23-24,27-30H2,1-8H3,(H,48,55)(H,49,56);1-2H3/t38-,39+,40+,41?;/m0./s1. The Kier molecular flexibility index (Phi) is 16.9. The van der Waals surface area contributed by atoms with Crippen molar-refractivity contribution in [2.24, 2.45) is 5.92 Å². The van der Waals surface area contributed by atoms with Crippen LogP contribution in [0.5, 0.6) is 0 Å². The average Bonchev–Trinajstić information content (AvgIpc) is 3.18. The van der Waals surface area contributed by atoms with Gasteiger partial charge in [-0.1, -0.05) is 113 Å². The largest absolute Gasteiger partial charge is 0.444 e. The number of piperazine rings is 1. The predicted octanol–water partition coefficient (Wildman–Crippen LogP) is 8.82. The molecule has 0 aliphatic carbocycles. The topological polar surface area (TPSA) is 138 Å². The van der Waals surface area contributed by atoms with Crippen LogP contribution in [0.25, 0.3) is 21.5 Å². The zero-order valence-corrected chi connectivity index (χ0v) is 37.4. The molecule has 0 aromatic heterocycles. The third-order valence-corrected chi connectivity index (χ3v) is 10.2. The Bertz CT molecular complexity index is 2050. The lowest BCUT2D eigenvalue weighted by atomic mass is 9.92. The summed E-state index contributed by atoms with van der Waals surface area (Å²) in [7, 11) is 0. The fraction of sp³-hybridized carbons (Fsp3) is 0.510. The number of carbonyl (C=O) groups excluding carboxylic acids is 4. The molecule has 11 nitrogen and oxygen atoms in total. The number of carbonyl (C=O) groups is 4. The van der Waals surface area contributed by atoms with Gasteiger partial charge in [0, 0.05) is 44.6 Å². The first kappa shape index (κ1) is 47.5. The van der Waals surface area contributed by atoms with E-state index >= 15 is 0 Å². The van der Waals surface area contributed by atoms with Crippen molar-refractivity contribution in [2.75, 3.05) is 19.7 Å². The van der Waals surface area contributed by atoms with Gasteiger partial charge in [0.2, 0.25) is 11.8 Å². The van der Waals surface area contributed by atoms with Gasteiger partial charge in [-0.05, 0) is 99.4 Å². The SMILES string of the molecule is CC.CC(C)C[C@@H]1CN(C(=O)[C@@H](Cc2ccc3ccccc3c2)NC(=O)OC(C)(C)C)[C@@H](CCCO)CN1C(=O)C(Cc1ccc2ccccc2c1)NC(=O)OC(C)(C)C. The Morgan fingerprint density at radius 1 is 0.650 bits per heavy atom. The second-order valence-corrected chi connectivity index (χ2v) is 18.0. The van der Waals surface area contributed by atoms with E-state index in [0.29, 0.717) is 19.3 Å². The molecule has 326 valence electrons. The van der Waals surface area contributed by atoms with E-state index < -0.39 is 47.6 Å². The molecule has 1 aliphatic rings. The summed E-state index contributed by atoms with van der Waals surface area (Å²) in [6, 6.07) is 25.2. The molecule has 4 aromatic carbocycles. The number of nitrogens with zero attached hydrogens (tertiary/aromatic N) is 2. The summed E-state index contributed by atoms with van der Waals surface area (Å²) < 4.78 is 11.3. The quantitative estimate of drug-likeness (QED) is 0.123. The average molecular weight is 825 g/mol. The van der Waals surface area contributed by atoms with E-state index in [9.17, 15) is 24.3 Å². The highest BCUT2D eigenvalue weighted by molar-refractivity contribution is 5.90. The van der Waals surface area contributed by atoms with Crippen molar-refractivity contribution in [1.82, 2.24) is 20.4 Å². The van der Waals surface area contributed by atoms with Crippen LogP contribution in [0.1, 0.15) is 99.6 Å². The van der Waals surface area contributed by atoms with Crippen LogP contribution in [0.15, 0.2) is 84.9 Å². The van der Waals surface area contributed by atoms with Crippen LogP contribution in [-0.4, -0.2) is 94.0 Å². The van der Waals surface area contributed by atoms with Crippen molar-refractivity contribution < 1.29 is 33.8 Å². The number of ether oxygens (including phenoxy) is 2. The fourth-order valence-electron chi connectivity index (χ4n) is 7.71. The Hall–Kier alpha value is -5.16. The molecule has 11 heteroatoms. The number of hydrogen-bond donors (Lipinski definition) is 3. The van der Waals surface area contributed by atoms with E-state index in [-0.39, 0.29) is 50.3 Å². The monoisotopic (exact) mass is 825 g/mol. The van der Waals surface area contributed by atoms with Crippen molar-refractivity contribution in [3.8, 4) is 0 Å². The van der Waals surface area contributed by atoms with Gasteiger partial charge in [0.05, 0.1) is 0 Å². The molecule has 0 saturated carbocycles. The number of amides is 4. The highest BCUT2D eigenvalue weighted by Crippen LogP contribution is 2.27. The van der Waals surface area contributed by atoms with Crippen molar-refractivity contribution in [2.45, 2.75) is 137 Å². The number of rotatable bonds is 13. The van der Waals surface area contributed by atoms with Crippen LogP contribution >= 0.6 is 0 Å². The minimum atomic E-state index is -0.968. The first-order chi connectivity index (χ1) is 28.4. The van der Waals surface area contributed by atoms with Crippen LogP contribution in [0.3, 0.4) is 0 Å². The van der Waals surface area contributed by atoms with Gasteiger partial charge in [-0.3, -0.25) is 9.59 Å². The molecule has 1 unspecified atom stereocenters. The molecule has 1 saturated heterocycles. The summed E-state index contributed by atoms with van der Waals surface area (Å²) in [6.07, 6.45) is 0.467. The van der Waals surface area contributed by atoms with Crippen LogP contribution in [0.4, 0.5) is 9.59 Å². The summed E-state index contributed by atoms with van der Waals surface area (Å²) in [5, 5.41) is 19.9. The van der Waals surface area contributed by atoms with Gasteiger partial charge in [0.25, 0.3) is 0 Å². The maximum atomic E-state index is 14.9. The van der Waals surface area contributed by atoms with E-state index in [1.165, 1.54) is 0 Å². The van der Waals surface area contributed by atoms with Gasteiger partial charge in [-0.2, -0.15) is 0 Å². The summed E-state index contributed by atoms with van der Waals surface area (Å²) in [4.78, 5) is 60.1. The van der Waals surface area contributed by atoms with Gasteiger partial charge < -0.3 is 35.0 Å². The van der Waals surface area contributed by atoms with Crippen LogP contribution in [0, 0.1) is 5.92 Å². The molecule has 4 amide bonds. The number of alkyl carbamates (subject to hydrolysis) is 2. The Labute approximate surface area is 357 Å². The number of fused-ring (bicyclic) bond motifs is 2. The maximum Gasteiger partial charge on any atom is 0.408 e. The highest BCUT2D eigenvalue weighted by atomic mass is 16.6. The molecule has 5 rings (SSSR count). The Balaban J connectivity index is 0.00000391. The maximum absolute atomic E-state index is 14.9. The lowest BCUT2D eigenvalue weighted by Crippen LogP contribution is -2.66. The van der Waals surface area contributed by atoms with Crippen LogP contribution in [0.2, 0.25) is 0 Å². The molecular weight excluding hydrogens is 757 g/mol. The molecule has 0 spiro atoms. The molecule has 1 aliphatic heterocycles. The third-order valence-electron chi connectivity index (χ3n) is 10.2. The third kappa shape index (κ3) is 14.0. The zero-order valence-electron chi connectivity index (χ0n) is 37.4. The number of aliphatic hydroxyl groups is 1. The first-order valence-electron chi connectivity index (χ1n) is 21.6. The fourth-order valence-corrected chi connectivity index (χ4v) is 7.71. The van der Waals surface area contributed by atoms with E-state index in [4.69, 9.17) is 9.47 Å². The van der Waals surface area contributed by atoms with E-state index in [2.05, 4.69) is 24.5 Å². The molecule has 1 heterocycles. The van der Waals surface area contributed by atoms with Gasteiger partial charge in [-0.15, -0.1) is 0 Å². The molecule has 4 aromatic rings. The molecule has 4 atom stereocenters. The summed E-state index contributed by atoms with van der Waals surface area (Å²) in [5.41, 5.74) is 0.190. The second kappa shape index (κ2) is 21.4. The van der Waals surface area contributed by atoms with E-state index in [0.717, 1.165) is 32.7 Å². The van der Waals surface area contributed by atoms with Gasteiger partial charge in [-0.25, -0.2) is 9.59 Å². The first-order valence-corrected chi connectivity index (χ1v) is 21.6. The lowest BCUT2D eigenvalue weighted by Gasteiger charge is -2.48. The molecule has 3 N–H and O–H groups in total. The smallest absolute Gasteiger partial charge is 0.408 e. The Morgan fingerprint density at radius 3 is 1.45 bits per heavy atom. The zero-order chi connectivity index (χ0) is 44.2. The Morgan fingerprint density at radius 2 is 1.05 bits per heavy atom. The van der Waals surface area contributed by atoms with E-state index in [1.54, 1.807) is 46.4 Å². The number of benzene rings is 4. The normalized spacial score (nSPS) is 16.7. The van der Waals surface area contributed by atoms with Crippen LogP contribution < -0.4 is 10.6 Å². The number of hydrogen-bond acceptors (Lipinski definition) is 7. The van der Waals surface area contributed by atoms with Crippen molar-refractivity contribution >= 4 is 45.5 Å². The van der Waals surface area contributed by atoms with Gasteiger partial charge >= 0.3 is 12.2 Å². The van der Waals surface area contributed by atoms with Crippen molar-refractivity contribution in [3.05, 3.63) is 96.1 Å². The number of nitrogens with one attached hydrogen (secondary N) is 2. The van der Waals surface area contributed by atoms with Gasteiger partial charge in [0.15, 0.2) is 0 Å². The minimum absolute atomic E-state index is 0.0939. The van der Waals surface area contributed by atoms with E-state index in [1.807, 2.05) is 104 Å². The van der Waals surface area contributed by atoms with Gasteiger partial charge in [0.1, 0.15) is 23.3 Å². The highest BCUT2D eigenvalue weighted by Gasteiger charge is 2.43. The van der Waals surface area contributed by atoms with Crippen LogP contribution in [-0.2, 0) is 31.9 Å². The summed E-state index contributed by atoms with van der Waals surface area (Å²) in [6.45, 7) is 19.1. The van der Waals surface area contributed by atoms with Crippen molar-refractivity contribution in [1.29, 1.82) is 0 Å². The predicted molar refractivity (Wildman–Crippen MR) is 240 cm³/mol.